The number of hydrogen-bond donors (Lipinski definition) is 1. The maximum Gasteiger partial charge on any atom is 0.235 e. The Morgan fingerprint density at radius 1 is 1.13 bits per heavy atom. The minimum Gasteiger partial charge on any atom is -0.507 e. The molecule has 6 nitrogen and oxygen atoms in total. The van der Waals surface area contributed by atoms with E-state index in [0.29, 0.717) is 46.4 Å². The van der Waals surface area contributed by atoms with Gasteiger partial charge in [-0.1, -0.05) is 6.42 Å². The topological polar surface area (TPSA) is 72.1 Å². The smallest absolute Gasteiger partial charge is 0.235 e. The van der Waals surface area contributed by atoms with E-state index in [-0.39, 0.29) is 16.9 Å². The molecule has 1 atom stereocenters. The Bertz CT molecular complexity index is 1100. The summed E-state index contributed by atoms with van der Waals surface area (Å²) in [7, 11) is 1.59. The summed E-state index contributed by atoms with van der Waals surface area (Å²) in [5, 5.41) is 10.9. The fourth-order valence-corrected chi connectivity index (χ4v) is 4.02. The number of ether oxygens (including phenoxy) is 2. The molecular weight excluding hydrogens is 382 g/mol. The number of likely N-dealkylation sites (tertiary alicyclic amines) is 1. The quantitative estimate of drug-likeness (QED) is 0.641. The zero-order valence-electron chi connectivity index (χ0n) is 17.6. The van der Waals surface area contributed by atoms with Gasteiger partial charge in [0.2, 0.25) is 11.2 Å². The second kappa shape index (κ2) is 8.40. The molecule has 6 heteroatoms. The normalized spacial score (nSPS) is 17.2. The molecule has 0 radical (unpaired) electrons. The van der Waals surface area contributed by atoms with E-state index in [1.165, 1.54) is 6.42 Å². The third-order valence-electron chi connectivity index (χ3n) is 5.84. The minimum atomic E-state index is -0.252. The van der Waals surface area contributed by atoms with Gasteiger partial charge < -0.3 is 19.0 Å². The highest BCUT2D eigenvalue weighted by Gasteiger charge is 2.23. The maximum absolute atomic E-state index is 13.2. The Kier molecular flexibility index (Phi) is 5.68. The SMILES string of the molecule is COc1ccc(Oc2c(C)oc3c(CN4CCCCC4C)c(O)ccc3c2=O)cc1. The summed E-state index contributed by atoms with van der Waals surface area (Å²) in [4.78, 5) is 15.5. The van der Waals surface area contributed by atoms with Crippen molar-refractivity contribution >= 4 is 11.0 Å². The van der Waals surface area contributed by atoms with Crippen molar-refractivity contribution in [2.75, 3.05) is 13.7 Å². The van der Waals surface area contributed by atoms with Crippen molar-refractivity contribution in [2.24, 2.45) is 0 Å². The van der Waals surface area contributed by atoms with Gasteiger partial charge in [-0.3, -0.25) is 9.69 Å². The number of fused-ring (bicyclic) bond motifs is 1. The number of hydrogen-bond acceptors (Lipinski definition) is 6. The third-order valence-corrected chi connectivity index (χ3v) is 5.84. The largest absolute Gasteiger partial charge is 0.507 e. The van der Waals surface area contributed by atoms with Gasteiger partial charge in [0.25, 0.3) is 0 Å². The van der Waals surface area contributed by atoms with Crippen molar-refractivity contribution in [1.82, 2.24) is 4.90 Å². The number of methoxy groups -OCH3 is 1. The average Bonchev–Trinajstić information content (AvgIpc) is 2.75. The van der Waals surface area contributed by atoms with Crippen LogP contribution in [-0.2, 0) is 6.54 Å². The molecule has 158 valence electrons. The van der Waals surface area contributed by atoms with Crippen molar-refractivity contribution < 1.29 is 19.0 Å². The highest BCUT2D eigenvalue weighted by Crippen LogP contribution is 2.33. The first kappa shape index (κ1) is 20.3. The summed E-state index contributed by atoms with van der Waals surface area (Å²) in [6, 6.07) is 10.6. The van der Waals surface area contributed by atoms with Gasteiger partial charge in [-0.25, -0.2) is 0 Å². The van der Waals surface area contributed by atoms with E-state index in [4.69, 9.17) is 13.9 Å². The fraction of sp³-hybridized carbons (Fsp3) is 0.375. The van der Waals surface area contributed by atoms with Crippen LogP contribution in [0.15, 0.2) is 45.6 Å². The molecule has 1 aliphatic rings. The summed E-state index contributed by atoms with van der Waals surface area (Å²) in [5.41, 5.74) is 0.826. The molecule has 3 aromatic rings. The molecule has 2 aromatic carbocycles. The lowest BCUT2D eigenvalue weighted by Crippen LogP contribution is -2.36. The van der Waals surface area contributed by atoms with Crippen LogP contribution in [0.5, 0.6) is 23.0 Å². The molecule has 1 N–H and O–H groups in total. The van der Waals surface area contributed by atoms with Crippen LogP contribution in [0.1, 0.15) is 37.5 Å². The van der Waals surface area contributed by atoms with Gasteiger partial charge in [-0.15, -0.1) is 0 Å². The van der Waals surface area contributed by atoms with Gasteiger partial charge in [0.05, 0.1) is 18.1 Å². The fourth-order valence-electron chi connectivity index (χ4n) is 4.02. The lowest BCUT2D eigenvalue weighted by molar-refractivity contribution is 0.151. The number of nitrogens with zero attached hydrogens (tertiary/aromatic N) is 1. The molecule has 1 saturated heterocycles. The van der Waals surface area contributed by atoms with Crippen molar-refractivity contribution in [3.63, 3.8) is 0 Å². The molecule has 2 heterocycles. The lowest BCUT2D eigenvalue weighted by atomic mass is 10.0. The molecule has 1 fully saturated rings. The first-order chi connectivity index (χ1) is 14.5. The predicted octanol–water partition coefficient (Wildman–Crippen LogP) is 4.98. The number of piperidine rings is 1. The second-order valence-electron chi connectivity index (χ2n) is 7.85. The Labute approximate surface area is 175 Å². The van der Waals surface area contributed by atoms with Gasteiger partial charge in [-0.05, 0) is 69.6 Å². The first-order valence-electron chi connectivity index (χ1n) is 10.3. The monoisotopic (exact) mass is 409 g/mol. The van der Waals surface area contributed by atoms with Crippen LogP contribution < -0.4 is 14.9 Å². The van der Waals surface area contributed by atoms with Crippen LogP contribution in [0, 0.1) is 6.92 Å². The van der Waals surface area contributed by atoms with E-state index in [1.54, 1.807) is 50.4 Å². The van der Waals surface area contributed by atoms with E-state index in [2.05, 4.69) is 11.8 Å². The van der Waals surface area contributed by atoms with E-state index < -0.39 is 0 Å². The lowest BCUT2D eigenvalue weighted by Gasteiger charge is -2.33. The van der Waals surface area contributed by atoms with E-state index in [0.717, 1.165) is 19.4 Å². The number of phenolic OH excluding ortho intramolecular Hbond substituents is 1. The highest BCUT2D eigenvalue weighted by molar-refractivity contribution is 5.83. The summed E-state index contributed by atoms with van der Waals surface area (Å²) >= 11 is 0. The van der Waals surface area contributed by atoms with E-state index in [9.17, 15) is 9.90 Å². The summed E-state index contributed by atoms with van der Waals surface area (Å²) in [6.45, 7) is 5.42. The molecule has 0 amide bonds. The molecule has 0 saturated carbocycles. The van der Waals surface area contributed by atoms with Crippen LogP contribution in [0.2, 0.25) is 0 Å². The van der Waals surface area contributed by atoms with Crippen LogP contribution >= 0.6 is 0 Å². The Morgan fingerprint density at radius 3 is 2.57 bits per heavy atom. The molecular formula is C24H27NO5. The number of phenols is 1. The van der Waals surface area contributed by atoms with Crippen molar-refractivity contribution in [3.8, 4) is 23.0 Å². The van der Waals surface area contributed by atoms with E-state index >= 15 is 0 Å². The van der Waals surface area contributed by atoms with Crippen LogP contribution in [0.4, 0.5) is 0 Å². The second-order valence-corrected chi connectivity index (χ2v) is 7.85. The molecule has 1 aromatic heterocycles. The van der Waals surface area contributed by atoms with Crippen LogP contribution in [-0.4, -0.2) is 29.7 Å². The van der Waals surface area contributed by atoms with Gasteiger partial charge in [0.15, 0.2) is 0 Å². The molecule has 1 unspecified atom stereocenters. The molecule has 1 aliphatic heterocycles. The number of aryl methyl sites for hydroxylation is 1. The van der Waals surface area contributed by atoms with Crippen molar-refractivity contribution in [1.29, 1.82) is 0 Å². The summed E-state index contributed by atoms with van der Waals surface area (Å²) in [5.74, 6) is 1.90. The zero-order chi connectivity index (χ0) is 21.3. The average molecular weight is 409 g/mol. The minimum absolute atomic E-state index is 0.145. The Balaban J connectivity index is 1.73. The number of aromatic hydroxyl groups is 1. The van der Waals surface area contributed by atoms with Crippen LogP contribution in [0.25, 0.3) is 11.0 Å². The highest BCUT2D eigenvalue weighted by atomic mass is 16.5. The van der Waals surface area contributed by atoms with Gasteiger partial charge >= 0.3 is 0 Å². The summed E-state index contributed by atoms with van der Waals surface area (Å²) < 4.78 is 17.0. The molecule has 0 aliphatic carbocycles. The standard InChI is InChI=1S/C24H27NO5/c1-15-6-4-5-13-25(15)14-20-21(26)12-11-19-22(27)23(16(2)29-24(19)20)30-18-9-7-17(28-3)8-10-18/h7-12,15,26H,4-6,13-14H2,1-3H3. The summed E-state index contributed by atoms with van der Waals surface area (Å²) in [6.07, 6.45) is 3.49. The zero-order valence-corrected chi connectivity index (χ0v) is 17.6. The van der Waals surface area contributed by atoms with Crippen molar-refractivity contribution in [3.05, 3.63) is 57.9 Å². The molecule has 0 bridgehead atoms. The van der Waals surface area contributed by atoms with Gasteiger partial charge in [-0.2, -0.15) is 0 Å². The maximum atomic E-state index is 13.2. The van der Waals surface area contributed by atoms with Crippen LogP contribution in [0.3, 0.4) is 0 Å². The van der Waals surface area contributed by atoms with Crippen molar-refractivity contribution in [2.45, 2.75) is 45.7 Å². The first-order valence-corrected chi connectivity index (χ1v) is 10.3. The van der Waals surface area contributed by atoms with E-state index in [1.807, 2.05) is 0 Å². The Morgan fingerprint density at radius 2 is 1.87 bits per heavy atom. The molecule has 4 rings (SSSR count). The molecule has 30 heavy (non-hydrogen) atoms. The van der Waals surface area contributed by atoms with Gasteiger partial charge in [0, 0.05) is 12.6 Å². The Hall–Kier alpha value is -2.99. The predicted molar refractivity (Wildman–Crippen MR) is 116 cm³/mol. The number of rotatable bonds is 5. The number of benzene rings is 2. The third kappa shape index (κ3) is 3.87. The molecule has 0 spiro atoms. The van der Waals surface area contributed by atoms with Gasteiger partial charge in [0.1, 0.15) is 28.6 Å².